The van der Waals surface area contributed by atoms with Gasteiger partial charge in [-0.15, -0.1) is 24.0 Å². The molecule has 0 amide bonds. The van der Waals surface area contributed by atoms with Crippen LogP contribution in [0, 0.1) is 5.41 Å². The SMILES string of the molecule is CCCCOC1CC(NC(=NC)NC2CC2)C1(C)C.I. The number of hydrogen-bond donors (Lipinski definition) is 2. The molecule has 0 aromatic rings. The molecule has 5 heteroatoms. The van der Waals surface area contributed by atoms with Crippen LogP contribution in [0.1, 0.15) is 52.9 Å². The van der Waals surface area contributed by atoms with E-state index in [9.17, 15) is 0 Å². The lowest BCUT2D eigenvalue weighted by Gasteiger charge is -2.52. The lowest BCUT2D eigenvalue weighted by atomic mass is 9.64. The molecule has 2 fully saturated rings. The van der Waals surface area contributed by atoms with Crippen molar-refractivity contribution < 1.29 is 4.74 Å². The molecule has 2 aliphatic carbocycles. The van der Waals surface area contributed by atoms with Gasteiger partial charge in [0.05, 0.1) is 6.10 Å². The van der Waals surface area contributed by atoms with E-state index in [1.54, 1.807) is 0 Å². The van der Waals surface area contributed by atoms with Crippen LogP contribution in [0.15, 0.2) is 4.99 Å². The van der Waals surface area contributed by atoms with E-state index < -0.39 is 0 Å². The first-order valence-electron chi connectivity index (χ1n) is 7.69. The number of hydrogen-bond acceptors (Lipinski definition) is 2. The fourth-order valence-electron chi connectivity index (χ4n) is 2.54. The van der Waals surface area contributed by atoms with Crippen LogP contribution < -0.4 is 10.6 Å². The van der Waals surface area contributed by atoms with Crippen LogP contribution in [-0.4, -0.2) is 37.8 Å². The summed E-state index contributed by atoms with van der Waals surface area (Å²) >= 11 is 0. The molecule has 0 radical (unpaired) electrons. The van der Waals surface area contributed by atoms with E-state index in [-0.39, 0.29) is 29.4 Å². The highest BCUT2D eigenvalue weighted by Gasteiger charge is 2.49. The van der Waals surface area contributed by atoms with Gasteiger partial charge in [0.25, 0.3) is 0 Å². The van der Waals surface area contributed by atoms with Crippen molar-refractivity contribution in [3.8, 4) is 0 Å². The summed E-state index contributed by atoms with van der Waals surface area (Å²) < 4.78 is 5.97. The molecule has 0 heterocycles. The zero-order valence-corrected chi connectivity index (χ0v) is 15.6. The lowest BCUT2D eigenvalue weighted by molar-refractivity contribution is -0.113. The van der Waals surface area contributed by atoms with Crippen LogP contribution in [-0.2, 0) is 4.74 Å². The van der Waals surface area contributed by atoms with E-state index in [0.29, 0.717) is 18.2 Å². The standard InChI is InChI=1S/C15H29N3O.HI/c1-5-6-9-19-13-10-12(15(13,2)3)18-14(16-4)17-11-7-8-11;/h11-13H,5-10H2,1-4H3,(H2,16,17,18);1H. The van der Waals surface area contributed by atoms with Gasteiger partial charge in [-0.3, -0.25) is 4.99 Å². The average Bonchev–Trinajstić information content (AvgIpc) is 3.19. The Bertz CT molecular complexity index is 329. The van der Waals surface area contributed by atoms with Crippen molar-refractivity contribution in [1.82, 2.24) is 10.6 Å². The molecule has 2 N–H and O–H groups in total. The quantitative estimate of drug-likeness (QED) is 0.315. The molecular weight excluding hydrogens is 365 g/mol. The number of aliphatic imine (C=N–C) groups is 1. The van der Waals surface area contributed by atoms with Gasteiger partial charge in [0.1, 0.15) is 0 Å². The van der Waals surface area contributed by atoms with Gasteiger partial charge in [0.2, 0.25) is 0 Å². The summed E-state index contributed by atoms with van der Waals surface area (Å²) in [6, 6.07) is 1.11. The third kappa shape index (κ3) is 4.48. The van der Waals surface area contributed by atoms with Crippen LogP contribution in [0.5, 0.6) is 0 Å². The molecule has 2 rings (SSSR count). The van der Waals surface area contributed by atoms with E-state index in [1.807, 2.05) is 7.05 Å². The first-order valence-corrected chi connectivity index (χ1v) is 7.69. The second-order valence-corrected chi connectivity index (χ2v) is 6.46. The van der Waals surface area contributed by atoms with Gasteiger partial charge in [-0.2, -0.15) is 0 Å². The van der Waals surface area contributed by atoms with Gasteiger partial charge in [-0.1, -0.05) is 27.2 Å². The maximum absolute atomic E-state index is 5.97. The predicted octanol–water partition coefficient (Wildman–Crippen LogP) is 2.92. The monoisotopic (exact) mass is 395 g/mol. The number of nitrogens with one attached hydrogen (secondary N) is 2. The Morgan fingerprint density at radius 1 is 1.30 bits per heavy atom. The third-order valence-electron chi connectivity index (χ3n) is 4.45. The topological polar surface area (TPSA) is 45.6 Å². The smallest absolute Gasteiger partial charge is 0.191 e. The first-order chi connectivity index (χ1) is 9.07. The summed E-state index contributed by atoms with van der Waals surface area (Å²) in [4.78, 5) is 4.31. The minimum absolute atomic E-state index is 0. The van der Waals surface area contributed by atoms with Crippen molar-refractivity contribution in [3.63, 3.8) is 0 Å². The van der Waals surface area contributed by atoms with E-state index >= 15 is 0 Å². The van der Waals surface area contributed by atoms with Crippen molar-refractivity contribution in [2.45, 2.75) is 71.1 Å². The van der Waals surface area contributed by atoms with Crippen molar-refractivity contribution in [2.75, 3.05) is 13.7 Å². The summed E-state index contributed by atoms with van der Waals surface area (Å²) in [7, 11) is 1.85. The second-order valence-electron chi connectivity index (χ2n) is 6.46. The first kappa shape index (κ1) is 18.0. The summed E-state index contributed by atoms with van der Waals surface area (Å²) in [5.41, 5.74) is 0.189. The highest BCUT2D eigenvalue weighted by molar-refractivity contribution is 14.0. The summed E-state index contributed by atoms with van der Waals surface area (Å²) in [5, 5.41) is 6.99. The molecule has 0 saturated heterocycles. The van der Waals surface area contributed by atoms with Gasteiger partial charge in [0.15, 0.2) is 5.96 Å². The molecular formula is C15H30IN3O. The summed E-state index contributed by atoms with van der Waals surface area (Å²) in [6.45, 7) is 7.67. The van der Waals surface area contributed by atoms with Gasteiger partial charge < -0.3 is 15.4 Å². The molecule has 0 aromatic carbocycles. The molecule has 2 aliphatic rings. The summed E-state index contributed by atoms with van der Waals surface area (Å²) in [6.07, 6.45) is 6.38. The summed E-state index contributed by atoms with van der Waals surface area (Å²) in [5.74, 6) is 0.951. The Hall–Kier alpha value is -0.0400. The van der Waals surface area contributed by atoms with Crippen molar-refractivity contribution >= 4 is 29.9 Å². The van der Waals surface area contributed by atoms with E-state index in [0.717, 1.165) is 25.4 Å². The van der Waals surface area contributed by atoms with E-state index in [1.165, 1.54) is 19.3 Å². The van der Waals surface area contributed by atoms with Gasteiger partial charge in [-0.05, 0) is 25.7 Å². The third-order valence-corrected chi connectivity index (χ3v) is 4.45. The number of ether oxygens (including phenoxy) is 1. The number of unbranched alkanes of at least 4 members (excludes halogenated alkanes) is 1. The van der Waals surface area contributed by atoms with E-state index in [2.05, 4.69) is 36.4 Å². The van der Waals surface area contributed by atoms with E-state index in [4.69, 9.17) is 4.74 Å². The molecule has 0 aliphatic heterocycles. The maximum Gasteiger partial charge on any atom is 0.191 e. The number of halogens is 1. The second kappa shape index (κ2) is 7.82. The molecule has 4 nitrogen and oxygen atoms in total. The molecule has 2 saturated carbocycles. The largest absolute Gasteiger partial charge is 0.378 e. The van der Waals surface area contributed by atoms with Crippen molar-refractivity contribution in [2.24, 2.45) is 10.4 Å². The highest BCUT2D eigenvalue weighted by atomic mass is 127. The Labute approximate surface area is 140 Å². The minimum Gasteiger partial charge on any atom is -0.378 e. The Kier molecular flexibility index (Phi) is 7.04. The van der Waals surface area contributed by atoms with Gasteiger partial charge in [-0.25, -0.2) is 0 Å². The van der Waals surface area contributed by atoms with Crippen LogP contribution in [0.4, 0.5) is 0 Å². The predicted molar refractivity (Wildman–Crippen MR) is 94.9 cm³/mol. The highest BCUT2D eigenvalue weighted by Crippen LogP contribution is 2.42. The molecule has 2 atom stereocenters. The van der Waals surface area contributed by atoms with Crippen LogP contribution in [0.2, 0.25) is 0 Å². The molecule has 0 aromatic heterocycles. The zero-order chi connectivity index (χ0) is 13.9. The lowest BCUT2D eigenvalue weighted by Crippen LogP contribution is -2.63. The Morgan fingerprint density at radius 3 is 2.50 bits per heavy atom. The number of rotatable bonds is 6. The molecule has 20 heavy (non-hydrogen) atoms. The molecule has 118 valence electrons. The Balaban J connectivity index is 0.00000200. The molecule has 0 spiro atoms. The average molecular weight is 395 g/mol. The molecule has 0 bridgehead atoms. The van der Waals surface area contributed by atoms with Gasteiger partial charge in [0, 0.05) is 31.2 Å². The van der Waals surface area contributed by atoms with Crippen LogP contribution in [0.3, 0.4) is 0 Å². The van der Waals surface area contributed by atoms with Crippen LogP contribution >= 0.6 is 24.0 Å². The number of nitrogens with zero attached hydrogens (tertiary/aromatic N) is 1. The van der Waals surface area contributed by atoms with Crippen molar-refractivity contribution in [1.29, 1.82) is 0 Å². The van der Waals surface area contributed by atoms with Gasteiger partial charge >= 0.3 is 0 Å². The molecule has 2 unspecified atom stereocenters. The normalized spacial score (nSPS) is 28.3. The zero-order valence-electron chi connectivity index (χ0n) is 13.2. The fraction of sp³-hybridized carbons (Fsp3) is 0.933. The van der Waals surface area contributed by atoms with Crippen LogP contribution in [0.25, 0.3) is 0 Å². The number of guanidine groups is 1. The minimum atomic E-state index is 0. The fourth-order valence-corrected chi connectivity index (χ4v) is 2.54. The Morgan fingerprint density at radius 2 is 2.00 bits per heavy atom. The van der Waals surface area contributed by atoms with Crippen molar-refractivity contribution in [3.05, 3.63) is 0 Å². The maximum atomic E-state index is 5.97.